The van der Waals surface area contributed by atoms with Gasteiger partial charge in [-0.15, -0.1) is 11.6 Å². The number of likely N-dealkylation sites (tertiary alicyclic amines) is 1. The Hall–Kier alpha value is -1.30. The van der Waals surface area contributed by atoms with Gasteiger partial charge in [0.15, 0.2) is 0 Å². The number of alkyl halides is 1. The smallest absolute Gasteiger partial charge is 0.322 e. The molecule has 0 saturated carbocycles. The van der Waals surface area contributed by atoms with E-state index in [9.17, 15) is 14.4 Å². The quantitative estimate of drug-likeness (QED) is 0.436. The van der Waals surface area contributed by atoms with E-state index in [1.54, 1.807) is 4.90 Å². The molecule has 0 bridgehead atoms. The van der Waals surface area contributed by atoms with E-state index in [-0.39, 0.29) is 18.4 Å². The third kappa shape index (κ3) is 2.43. The summed E-state index contributed by atoms with van der Waals surface area (Å²) in [6, 6.07) is -0.476. The highest BCUT2D eigenvalue weighted by atomic mass is 35.5. The topological polar surface area (TPSA) is 78.5 Å². The zero-order chi connectivity index (χ0) is 13.2. The Kier molecular flexibility index (Phi) is 3.75. The molecule has 2 rings (SSSR count). The van der Waals surface area contributed by atoms with E-state index in [0.717, 1.165) is 12.8 Å². The van der Waals surface area contributed by atoms with Crippen LogP contribution in [-0.2, 0) is 9.59 Å². The van der Waals surface area contributed by atoms with Crippen molar-refractivity contribution in [1.82, 2.24) is 15.5 Å². The lowest BCUT2D eigenvalue weighted by molar-refractivity contribution is -0.130. The molecule has 2 saturated heterocycles. The largest absolute Gasteiger partial charge is 0.340 e. The Bertz CT molecular complexity index is 388. The number of amides is 4. The summed E-state index contributed by atoms with van der Waals surface area (Å²) in [5, 5.41) is 4.83. The molecular formula is C11H16ClN3O3. The molecule has 1 atom stereocenters. The summed E-state index contributed by atoms with van der Waals surface area (Å²) < 4.78 is 0. The van der Waals surface area contributed by atoms with Crippen LogP contribution in [0.15, 0.2) is 0 Å². The maximum atomic E-state index is 11.9. The number of carbonyl (C=O) groups is 3. The van der Waals surface area contributed by atoms with Crippen LogP contribution < -0.4 is 10.6 Å². The maximum absolute atomic E-state index is 11.9. The normalized spacial score (nSPS) is 26.6. The molecule has 0 aromatic carbocycles. The van der Waals surface area contributed by atoms with Gasteiger partial charge in [-0.3, -0.25) is 14.9 Å². The second-order valence-electron chi connectivity index (χ2n) is 4.70. The van der Waals surface area contributed by atoms with Crippen molar-refractivity contribution in [2.75, 3.05) is 19.0 Å². The van der Waals surface area contributed by atoms with Crippen molar-refractivity contribution >= 4 is 29.4 Å². The average molecular weight is 274 g/mol. The number of carbonyl (C=O) groups excluding carboxylic acids is 3. The number of hydrogen-bond acceptors (Lipinski definition) is 3. The van der Waals surface area contributed by atoms with Crippen LogP contribution in [0.4, 0.5) is 4.79 Å². The van der Waals surface area contributed by atoms with E-state index < -0.39 is 11.6 Å². The predicted octanol–water partition coefficient (Wildman–Crippen LogP) is 0.206. The maximum Gasteiger partial charge on any atom is 0.322 e. The third-order valence-electron chi connectivity index (χ3n) is 3.41. The molecule has 4 amide bonds. The van der Waals surface area contributed by atoms with Crippen LogP contribution in [-0.4, -0.2) is 47.3 Å². The van der Waals surface area contributed by atoms with Gasteiger partial charge in [-0.2, -0.15) is 0 Å². The van der Waals surface area contributed by atoms with Gasteiger partial charge in [0, 0.05) is 18.8 Å². The molecule has 6 nitrogen and oxygen atoms in total. The first-order valence-electron chi connectivity index (χ1n) is 6.05. The number of unbranched alkanes of at least 4 members (excludes halogenated alkanes) is 1. The molecule has 100 valence electrons. The van der Waals surface area contributed by atoms with Crippen LogP contribution in [0.5, 0.6) is 0 Å². The van der Waals surface area contributed by atoms with Crippen LogP contribution in [0.2, 0.25) is 0 Å². The van der Waals surface area contributed by atoms with Gasteiger partial charge < -0.3 is 10.2 Å². The van der Waals surface area contributed by atoms with Crippen molar-refractivity contribution < 1.29 is 14.4 Å². The van der Waals surface area contributed by atoms with E-state index in [4.69, 9.17) is 11.6 Å². The second-order valence-corrected chi connectivity index (χ2v) is 5.08. The first-order valence-corrected chi connectivity index (χ1v) is 6.58. The first kappa shape index (κ1) is 13.1. The van der Waals surface area contributed by atoms with Gasteiger partial charge in [0.25, 0.3) is 5.91 Å². The minimum Gasteiger partial charge on any atom is -0.340 e. The molecule has 0 aromatic heterocycles. The lowest BCUT2D eigenvalue weighted by Gasteiger charge is -2.21. The zero-order valence-electron chi connectivity index (χ0n) is 10.00. The minimum atomic E-state index is -0.904. The molecule has 0 radical (unpaired) electrons. The first-order chi connectivity index (χ1) is 8.57. The van der Waals surface area contributed by atoms with E-state index in [1.165, 1.54) is 0 Å². The predicted molar refractivity (Wildman–Crippen MR) is 65.2 cm³/mol. The number of nitrogens with one attached hydrogen (secondary N) is 2. The lowest BCUT2D eigenvalue weighted by Crippen LogP contribution is -2.49. The summed E-state index contributed by atoms with van der Waals surface area (Å²) in [6.45, 7) is 0.775. The minimum absolute atomic E-state index is 0.0194. The molecule has 0 aromatic rings. The van der Waals surface area contributed by atoms with Gasteiger partial charge in [-0.1, -0.05) is 0 Å². The van der Waals surface area contributed by atoms with Crippen molar-refractivity contribution in [3.63, 3.8) is 0 Å². The number of urea groups is 1. The van der Waals surface area contributed by atoms with Crippen molar-refractivity contribution in [2.24, 2.45) is 0 Å². The molecule has 7 heteroatoms. The van der Waals surface area contributed by atoms with Gasteiger partial charge >= 0.3 is 6.03 Å². The summed E-state index contributed by atoms with van der Waals surface area (Å²) in [6.07, 6.45) is 2.48. The van der Waals surface area contributed by atoms with Crippen LogP contribution in [0.25, 0.3) is 0 Å². The van der Waals surface area contributed by atoms with Crippen molar-refractivity contribution in [3.05, 3.63) is 0 Å². The van der Waals surface area contributed by atoms with Crippen molar-refractivity contribution in [1.29, 1.82) is 0 Å². The monoisotopic (exact) mass is 273 g/mol. The number of halogens is 1. The highest BCUT2D eigenvalue weighted by Gasteiger charge is 2.51. The molecule has 2 fully saturated rings. The Balaban J connectivity index is 1.90. The third-order valence-corrected chi connectivity index (χ3v) is 3.68. The molecule has 2 aliphatic rings. The molecule has 18 heavy (non-hydrogen) atoms. The van der Waals surface area contributed by atoms with Crippen molar-refractivity contribution in [2.45, 2.75) is 31.2 Å². The Morgan fingerprint density at radius 2 is 2.17 bits per heavy atom. The average Bonchev–Trinajstić information content (AvgIpc) is 2.85. The van der Waals surface area contributed by atoms with Crippen LogP contribution in [0.3, 0.4) is 0 Å². The standard InChI is InChI=1S/C11H16ClN3O3/c12-5-2-1-3-8(16)15-6-4-11(7-15)9(17)13-10(18)14-11/h1-7H2,(H2,13,14,17,18). The molecule has 0 aliphatic carbocycles. The van der Waals surface area contributed by atoms with Gasteiger partial charge in [0.1, 0.15) is 5.54 Å². The number of hydrogen-bond donors (Lipinski definition) is 2. The fourth-order valence-corrected chi connectivity index (χ4v) is 2.56. The Labute approximate surface area is 110 Å². The molecule has 2 heterocycles. The highest BCUT2D eigenvalue weighted by Crippen LogP contribution is 2.25. The molecule has 1 unspecified atom stereocenters. The zero-order valence-corrected chi connectivity index (χ0v) is 10.8. The number of nitrogens with zero attached hydrogens (tertiary/aromatic N) is 1. The van der Waals surface area contributed by atoms with Gasteiger partial charge in [0.05, 0.1) is 6.54 Å². The lowest BCUT2D eigenvalue weighted by atomic mass is 9.99. The van der Waals surface area contributed by atoms with Gasteiger partial charge in [-0.05, 0) is 19.3 Å². The van der Waals surface area contributed by atoms with Crippen LogP contribution in [0, 0.1) is 0 Å². The summed E-state index contributed by atoms with van der Waals surface area (Å²) in [4.78, 5) is 36.4. The summed E-state index contributed by atoms with van der Waals surface area (Å²) in [7, 11) is 0. The summed E-state index contributed by atoms with van der Waals surface area (Å²) in [5.41, 5.74) is -0.904. The van der Waals surface area contributed by atoms with E-state index >= 15 is 0 Å². The van der Waals surface area contributed by atoms with E-state index in [2.05, 4.69) is 10.6 Å². The number of rotatable bonds is 4. The molecule has 2 N–H and O–H groups in total. The molecular weight excluding hydrogens is 258 g/mol. The molecule has 2 aliphatic heterocycles. The SMILES string of the molecule is O=C1NC(=O)C2(CCN(C(=O)CCCCCl)C2)N1. The van der Waals surface area contributed by atoms with Crippen molar-refractivity contribution in [3.8, 4) is 0 Å². The fourth-order valence-electron chi connectivity index (χ4n) is 2.37. The molecule has 1 spiro atoms. The van der Waals surface area contributed by atoms with Gasteiger partial charge in [0.2, 0.25) is 5.91 Å². The fraction of sp³-hybridized carbons (Fsp3) is 0.727. The van der Waals surface area contributed by atoms with Crippen LogP contribution >= 0.6 is 11.6 Å². The van der Waals surface area contributed by atoms with E-state index in [1.807, 2.05) is 0 Å². The van der Waals surface area contributed by atoms with Gasteiger partial charge in [-0.25, -0.2) is 4.79 Å². The summed E-state index contributed by atoms with van der Waals surface area (Å²) in [5.74, 6) is 0.241. The number of imide groups is 1. The highest BCUT2D eigenvalue weighted by molar-refractivity contribution is 6.17. The van der Waals surface area contributed by atoms with E-state index in [0.29, 0.717) is 25.3 Å². The Morgan fingerprint density at radius 1 is 1.39 bits per heavy atom. The van der Waals surface area contributed by atoms with Crippen LogP contribution in [0.1, 0.15) is 25.7 Å². The summed E-state index contributed by atoms with van der Waals surface area (Å²) >= 11 is 5.55. The second kappa shape index (κ2) is 5.14. The Morgan fingerprint density at radius 3 is 2.78 bits per heavy atom.